The van der Waals surface area contributed by atoms with Crippen molar-refractivity contribution in [1.29, 1.82) is 0 Å². The maximum atomic E-state index is 13.2. The van der Waals surface area contributed by atoms with E-state index in [1.165, 1.54) is 51.9 Å². The van der Waals surface area contributed by atoms with Gasteiger partial charge in [-0.15, -0.1) is 0 Å². The second kappa shape index (κ2) is 10.5. The van der Waals surface area contributed by atoms with Crippen molar-refractivity contribution in [2.75, 3.05) is 0 Å². The molecule has 4 heteroatoms. The molecule has 0 radical (unpaired) electrons. The predicted octanol–water partition coefficient (Wildman–Crippen LogP) is 7.17. The molecular weight excluding hydrogens is 454 g/mol. The van der Waals surface area contributed by atoms with Gasteiger partial charge in [0.2, 0.25) is 0 Å². The Morgan fingerprint density at radius 3 is 2.46 bits per heavy atom. The molecule has 1 amide bonds. The van der Waals surface area contributed by atoms with Gasteiger partial charge in [0, 0.05) is 41.3 Å². The fraction of sp³-hybridized carbons (Fsp3) is 0.364. The van der Waals surface area contributed by atoms with Gasteiger partial charge >= 0.3 is 0 Å². The highest BCUT2D eigenvalue weighted by Crippen LogP contribution is 2.40. The van der Waals surface area contributed by atoms with E-state index in [9.17, 15) is 4.79 Å². The van der Waals surface area contributed by atoms with Crippen LogP contribution in [0.4, 0.5) is 0 Å². The molecule has 1 fully saturated rings. The average Bonchev–Trinajstić information content (AvgIpc) is 3.72. The molecule has 0 spiro atoms. The lowest BCUT2D eigenvalue weighted by molar-refractivity contribution is 0.0940. The third-order valence-corrected chi connectivity index (χ3v) is 7.75. The second-order valence-corrected chi connectivity index (χ2v) is 11.0. The number of aromatic nitrogens is 1. The molecule has 1 aliphatic rings. The fourth-order valence-corrected chi connectivity index (χ4v) is 5.20. The maximum absolute atomic E-state index is 13.2. The fourth-order valence-electron chi connectivity index (χ4n) is 5.20. The summed E-state index contributed by atoms with van der Waals surface area (Å²) in [6.07, 6.45) is 2.56. The van der Waals surface area contributed by atoms with Crippen LogP contribution in [0.1, 0.15) is 89.4 Å². The van der Waals surface area contributed by atoms with Crippen LogP contribution in [0.2, 0.25) is 0 Å². The molecule has 1 atom stereocenters. The summed E-state index contributed by atoms with van der Waals surface area (Å²) in [6, 6.07) is 24.0. The van der Waals surface area contributed by atoms with Crippen molar-refractivity contribution in [3.05, 3.63) is 106 Å². The van der Waals surface area contributed by atoms with E-state index in [-0.39, 0.29) is 11.9 Å². The number of rotatable bonds is 9. The van der Waals surface area contributed by atoms with Crippen LogP contribution < -0.4 is 10.6 Å². The minimum atomic E-state index is -0.0354. The zero-order chi connectivity index (χ0) is 26.1. The van der Waals surface area contributed by atoms with Crippen LogP contribution in [0.25, 0.3) is 10.9 Å². The highest BCUT2D eigenvalue weighted by molar-refractivity contribution is 5.99. The molecule has 0 aliphatic heterocycles. The molecule has 0 bridgehead atoms. The lowest BCUT2D eigenvalue weighted by atomic mass is 10.0. The summed E-state index contributed by atoms with van der Waals surface area (Å²) in [5.74, 6) is 0.682. The summed E-state index contributed by atoms with van der Waals surface area (Å²) in [5, 5.41) is 7.87. The van der Waals surface area contributed by atoms with Gasteiger partial charge in [-0.1, -0.05) is 62.4 Å². The Morgan fingerprint density at radius 1 is 0.946 bits per heavy atom. The van der Waals surface area contributed by atoms with Gasteiger partial charge in [0.15, 0.2) is 0 Å². The Kier molecular flexibility index (Phi) is 7.21. The Balaban J connectivity index is 1.35. The standard InChI is InChI=1S/C33H39N3O/c1-21(2)34-19-25-8-6-9-26(16-25)20-36-24(5)22(3)31-18-30(14-15-32(31)36)33(37)35-23(4)28-10-7-11-29(17-28)27-12-13-27/h6-11,14-18,21,23,27,34H,12-13,19-20H2,1-5H3,(H,35,37)/t23-/m0/s1. The molecule has 3 aromatic carbocycles. The van der Waals surface area contributed by atoms with E-state index in [0.717, 1.165) is 18.5 Å². The van der Waals surface area contributed by atoms with Crippen LogP contribution in [0, 0.1) is 13.8 Å². The van der Waals surface area contributed by atoms with Crippen LogP contribution in [-0.4, -0.2) is 16.5 Å². The van der Waals surface area contributed by atoms with Gasteiger partial charge in [0.1, 0.15) is 0 Å². The summed E-state index contributed by atoms with van der Waals surface area (Å²) in [7, 11) is 0. The Morgan fingerprint density at radius 2 is 1.70 bits per heavy atom. The summed E-state index contributed by atoms with van der Waals surface area (Å²) in [4.78, 5) is 13.2. The number of carbonyl (C=O) groups excluding carboxylic acids is 1. The molecule has 0 saturated heterocycles. The quantitative estimate of drug-likeness (QED) is 0.260. The van der Waals surface area contributed by atoms with E-state index < -0.39 is 0 Å². The molecule has 37 heavy (non-hydrogen) atoms. The number of fused-ring (bicyclic) bond motifs is 1. The molecule has 1 heterocycles. The number of hydrogen-bond donors (Lipinski definition) is 2. The van der Waals surface area contributed by atoms with Crippen LogP contribution in [-0.2, 0) is 13.1 Å². The van der Waals surface area contributed by atoms with E-state index in [4.69, 9.17) is 0 Å². The Labute approximate surface area is 221 Å². The van der Waals surface area contributed by atoms with E-state index in [1.54, 1.807) is 0 Å². The molecule has 5 rings (SSSR count). The first kappa shape index (κ1) is 25.3. The SMILES string of the molecule is Cc1c(C)n(Cc2cccc(CNC(C)C)c2)c2ccc(C(=O)N[C@@H](C)c3cccc(C4CC4)c3)cc12. The first-order valence-electron chi connectivity index (χ1n) is 13.6. The number of nitrogens with zero attached hydrogens (tertiary/aromatic N) is 1. The molecule has 1 aromatic heterocycles. The molecule has 4 aromatic rings. The number of nitrogens with one attached hydrogen (secondary N) is 2. The van der Waals surface area contributed by atoms with Crippen molar-refractivity contribution >= 4 is 16.8 Å². The predicted molar refractivity (Wildman–Crippen MR) is 153 cm³/mol. The van der Waals surface area contributed by atoms with Crippen LogP contribution in [0.5, 0.6) is 0 Å². The van der Waals surface area contributed by atoms with E-state index in [1.807, 2.05) is 6.07 Å². The number of hydrogen-bond acceptors (Lipinski definition) is 2. The summed E-state index contributed by atoms with van der Waals surface area (Å²) in [5.41, 5.74) is 9.50. The molecule has 4 nitrogen and oxygen atoms in total. The first-order chi connectivity index (χ1) is 17.8. The van der Waals surface area contributed by atoms with Crippen molar-refractivity contribution in [3.63, 3.8) is 0 Å². The van der Waals surface area contributed by atoms with Gasteiger partial charge in [0.05, 0.1) is 6.04 Å². The summed E-state index contributed by atoms with van der Waals surface area (Å²) >= 11 is 0. The van der Waals surface area contributed by atoms with Gasteiger partial charge in [-0.3, -0.25) is 4.79 Å². The number of aryl methyl sites for hydroxylation is 1. The van der Waals surface area contributed by atoms with Crippen LogP contribution in [0.3, 0.4) is 0 Å². The monoisotopic (exact) mass is 493 g/mol. The van der Waals surface area contributed by atoms with Crippen molar-refractivity contribution in [2.24, 2.45) is 0 Å². The van der Waals surface area contributed by atoms with Gasteiger partial charge in [-0.2, -0.15) is 0 Å². The molecule has 2 N–H and O–H groups in total. The van der Waals surface area contributed by atoms with Gasteiger partial charge in [0.25, 0.3) is 5.91 Å². The largest absolute Gasteiger partial charge is 0.346 e. The molecule has 1 aliphatic carbocycles. The normalized spacial score (nSPS) is 14.3. The smallest absolute Gasteiger partial charge is 0.251 e. The molecular formula is C33H39N3O. The third kappa shape index (κ3) is 5.65. The first-order valence-corrected chi connectivity index (χ1v) is 13.6. The highest BCUT2D eigenvalue weighted by Gasteiger charge is 2.24. The van der Waals surface area contributed by atoms with Crippen molar-refractivity contribution < 1.29 is 4.79 Å². The molecule has 1 saturated carbocycles. The van der Waals surface area contributed by atoms with Gasteiger partial charge in [-0.25, -0.2) is 0 Å². The Bertz CT molecular complexity index is 1430. The second-order valence-electron chi connectivity index (χ2n) is 11.0. The van der Waals surface area contributed by atoms with Crippen molar-refractivity contribution in [1.82, 2.24) is 15.2 Å². The molecule has 192 valence electrons. The van der Waals surface area contributed by atoms with E-state index in [2.05, 4.69) is 110 Å². The summed E-state index contributed by atoms with van der Waals surface area (Å²) in [6.45, 7) is 12.4. The lowest BCUT2D eigenvalue weighted by Crippen LogP contribution is -2.26. The van der Waals surface area contributed by atoms with E-state index in [0.29, 0.717) is 17.5 Å². The number of amides is 1. The minimum Gasteiger partial charge on any atom is -0.346 e. The average molecular weight is 494 g/mol. The summed E-state index contributed by atoms with van der Waals surface area (Å²) < 4.78 is 2.37. The van der Waals surface area contributed by atoms with Crippen LogP contribution >= 0.6 is 0 Å². The van der Waals surface area contributed by atoms with Crippen molar-refractivity contribution in [3.8, 4) is 0 Å². The Hall–Kier alpha value is -3.37. The number of carbonyl (C=O) groups is 1. The number of benzene rings is 3. The van der Waals surface area contributed by atoms with Crippen molar-refractivity contribution in [2.45, 2.75) is 78.6 Å². The van der Waals surface area contributed by atoms with Gasteiger partial charge in [-0.05, 0) is 85.5 Å². The zero-order valence-electron chi connectivity index (χ0n) is 22.8. The van der Waals surface area contributed by atoms with Crippen LogP contribution in [0.15, 0.2) is 66.7 Å². The lowest BCUT2D eigenvalue weighted by Gasteiger charge is -2.16. The topological polar surface area (TPSA) is 46.1 Å². The van der Waals surface area contributed by atoms with Gasteiger partial charge < -0.3 is 15.2 Å². The third-order valence-electron chi connectivity index (χ3n) is 7.75. The minimum absolute atomic E-state index is 0.0265. The highest BCUT2D eigenvalue weighted by atomic mass is 16.1. The maximum Gasteiger partial charge on any atom is 0.251 e. The zero-order valence-corrected chi connectivity index (χ0v) is 22.8. The van der Waals surface area contributed by atoms with E-state index >= 15 is 0 Å². The molecule has 0 unspecified atom stereocenters.